The van der Waals surface area contributed by atoms with E-state index >= 15 is 0 Å². The van der Waals surface area contributed by atoms with E-state index < -0.39 is 64.0 Å². The summed E-state index contributed by atoms with van der Waals surface area (Å²) in [5.74, 6) is -5.20. The van der Waals surface area contributed by atoms with Crippen LogP contribution < -0.4 is 5.56 Å². The van der Waals surface area contributed by atoms with Gasteiger partial charge in [0.05, 0.1) is 11.8 Å². The number of halogens is 8. The molecule has 3 aromatic heterocycles. The van der Waals surface area contributed by atoms with Crippen molar-refractivity contribution >= 4 is 16.8 Å². The van der Waals surface area contributed by atoms with Gasteiger partial charge in [0, 0.05) is 30.1 Å². The van der Waals surface area contributed by atoms with Gasteiger partial charge in [-0.05, 0) is 11.2 Å². The standard InChI is InChI=1S/C16H10F8N4O2S/c1-31(30)9-2-3-28-10(4-9)26-12(15(19,20)21)11(13(28)29)8-5-25-27(6-8)7-14(17,18)16(22,23)24/h2-6H,7H2,1H3/t31-/m0/s1. The molecule has 0 saturated carbocycles. The first-order valence-corrected chi connectivity index (χ1v) is 9.62. The largest absolute Gasteiger partial charge is 0.612 e. The van der Waals surface area contributed by atoms with Crippen LogP contribution in [0, 0.1) is 0 Å². The van der Waals surface area contributed by atoms with Crippen LogP contribution in [-0.4, -0.2) is 42.1 Å². The van der Waals surface area contributed by atoms with Gasteiger partial charge in [-0.3, -0.25) is 13.9 Å². The summed E-state index contributed by atoms with van der Waals surface area (Å²) < 4.78 is 117. The lowest BCUT2D eigenvalue weighted by Crippen LogP contribution is -2.40. The summed E-state index contributed by atoms with van der Waals surface area (Å²) in [5, 5.41) is 3.23. The van der Waals surface area contributed by atoms with Gasteiger partial charge < -0.3 is 4.55 Å². The molecule has 3 heterocycles. The third-order valence-electron chi connectivity index (χ3n) is 4.10. The highest BCUT2D eigenvalue weighted by molar-refractivity contribution is 7.90. The average molecular weight is 474 g/mol. The fourth-order valence-electron chi connectivity index (χ4n) is 2.64. The van der Waals surface area contributed by atoms with E-state index in [-0.39, 0.29) is 9.58 Å². The quantitative estimate of drug-likeness (QED) is 0.429. The first kappa shape index (κ1) is 23.0. The van der Waals surface area contributed by atoms with E-state index in [1.165, 1.54) is 12.3 Å². The maximum Gasteiger partial charge on any atom is 0.455 e. The van der Waals surface area contributed by atoms with Crippen molar-refractivity contribution in [3.8, 4) is 11.1 Å². The SMILES string of the molecule is C[S@+]([O-])c1ccn2c(=O)c(-c3cnn(CC(F)(F)C(F)(F)F)c3)c(C(F)(F)F)nc2c1. The third kappa shape index (κ3) is 4.37. The van der Waals surface area contributed by atoms with Crippen LogP contribution >= 0.6 is 0 Å². The third-order valence-corrected chi connectivity index (χ3v) is 5.02. The van der Waals surface area contributed by atoms with Crippen molar-refractivity contribution in [1.29, 1.82) is 0 Å². The number of hydrogen-bond donors (Lipinski definition) is 0. The zero-order chi connectivity index (χ0) is 23.4. The van der Waals surface area contributed by atoms with Crippen LogP contribution in [0.2, 0.25) is 0 Å². The normalized spacial score (nSPS) is 14.3. The number of fused-ring (bicyclic) bond motifs is 1. The molecule has 0 bridgehead atoms. The molecule has 3 rings (SSSR count). The molecule has 0 radical (unpaired) electrons. The second-order valence-corrected chi connectivity index (χ2v) is 7.69. The van der Waals surface area contributed by atoms with Gasteiger partial charge in [-0.1, -0.05) is 0 Å². The Morgan fingerprint density at radius 2 is 1.77 bits per heavy atom. The lowest BCUT2D eigenvalue weighted by molar-refractivity contribution is -0.287. The molecule has 15 heteroatoms. The Morgan fingerprint density at radius 3 is 2.32 bits per heavy atom. The molecule has 0 saturated heterocycles. The molecule has 168 valence electrons. The molecule has 0 aliphatic rings. The maximum atomic E-state index is 13.6. The Morgan fingerprint density at radius 1 is 1.13 bits per heavy atom. The average Bonchev–Trinajstić information content (AvgIpc) is 3.06. The minimum Gasteiger partial charge on any atom is -0.612 e. The second kappa shape index (κ2) is 7.47. The van der Waals surface area contributed by atoms with Crippen molar-refractivity contribution in [3.05, 3.63) is 46.8 Å². The Bertz CT molecular complexity index is 1180. The molecular formula is C16H10F8N4O2S. The van der Waals surface area contributed by atoms with Crippen LogP contribution in [0.1, 0.15) is 5.69 Å². The molecule has 1 atom stereocenters. The van der Waals surface area contributed by atoms with Gasteiger partial charge in [-0.2, -0.15) is 40.2 Å². The molecule has 0 aliphatic heterocycles. The van der Waals surface area contributed by atoms with Crippen LogP contribution in [-0.2, 0) is 23.9 Å². The Hall–Kier alpha value is -2.68. The van der Waals surface area contributed by atoms with Gasteiger partial charge in [-0.15, -0.1) is 0 Å². The summed E-state index contributed by atoms with van der Waals surface area (Å²) in [5.41, 5.74) is -5.19. The molecule has 31 heavy (non-hydrogen) atoms. The minimum absolute atomic E-state index is 0.0839. The Balaban J connectivity index is 2.18. The summed E-state index contributed by atoms with van der Waals surface area (Å²) in [4.78, 5) is 16.2. The van der Waals surface area contributed by atoms with Gasteiger partial charge in [0.25, 0.3) is 5.56 Å². The fraction of sp³-hybridized carbons (Fsp3) is 0.312. The van der Waals surface area contributed by atoms with Gasteiger partial charge >= 0.3 is 18.3 Å². The van der Waals surface area contributed by atoms with Crippen LogP contribution in [0.5, 0.6) is 0 Å². The Kier molecular flexibility index (Phi) is 5.54. The van der Waals surface area contributed by atoms with Crippen molar-refractivity contribution < 1.29 is 39.7 Å². The monoisotopic (exact) mass is 474 g/mol. The van der Waals surface area contributed by atoms with E-state index in [0.29, 0.717) is 16.8 Å². The molecule has 3 aromatic rings. The van der Waals surface area contributed by atoms with E-state index in [9.17, 15) is 44.5 Å². The number of nitrogens with zero attached hydrogens (tertiary/aromatic N) is 4. The predicted octanol–water partition coefficient (Wildman–Crippen LogP) is 3.51. The number of rotatable bonds is 4. The molecule has 0 N–H and O–H groups in total. The number of alkyl halides is 8. The van der Waals surface area contributed by atoms with E-state index in [4.69, 9.17) is 0 Å². The zero-order valence-corrected chi connectivity index (χ0v) is 15.9. The predicted molar refractivity (Wildman–Crippen MR) is 91.0 cm³/mol. The number of aromatic nitrogens is 4. The van der Waals surface area contributed by atoms with Gasteiger partial charge in [0.1, 0.15) is 18.4 Å². The van der Waals surface area contributed by atoms with Gasteiger partial charge in [0.15, 0.2) is 10.6 Å². The summed E-state index contributed by atoms with van der Waals surface area (Å²) in [6, 6.07) is 2.21. The van der Waals surface area contributed by atoms with Crippen LogP contribution in [0.15, 0.2) is 40.4 Å². The molecule has 0 amide bonds. The highest BCUT2D eigenvalue weighted by atomic mass is 32.2. The van der Waals surface area contributed by atoms with Crippen LogP contribution in [0.3, 0.4) is 0 Å². The summed E-state index contributed by atoms with van der Waals surface area (Å²) in [6.45, 7) is -1.99. The number of pyridine rings is 1. The topological polar surface area (TPSA) is 75.2 Å². The van der Waals surface area contributed by atoms with Crippen molar-refractivity contribution in [2.45, 2.75) is 29.7 Å². The molecule has 0 aliphatic carbocycles. The van der Waals surface area contributed by atoms with E-state index in [0.717, 1.165) is 12.3 Å². The van der Waals surface area contributed by atoms with E-state index in [1.807, 2.05) is 0 Å². The first-order chi connectivity index (χ1) is 14.1. The molecule has 0 spiro atoms. The van der Waals surface area contributed by atoms with E-state index in [2.05, 4.69) is 10.1 Å². The smallest absolute Gasteiger partial charge is 0.455 e. The van der Waals surface area contributed by atoms with Crippen molar-refractivity contribution in [2.24, 2.45) is 0 Å². The van der Waals surface area contributed by atoms with Crippen molar-refractivity contribution in [1.82, 2.24) is 19.2 Å². The molecule has 0 fully saturated rings. The molecule has 0 aromatic carbocycles. The fourth-order valence-corrected chi connectivity index (χ4v) is 3.16. The van der Waals surface area contributed by atoms with Crippen molar-refractivity contribution in [2.75, 3.05) is 6.26 Å². The summed E-state index contributed by atoms with van der Waals surface area (Å²) in [6.07, 6.45) is -7.78. The minimum atomic E-state index is -5.91. The summed E-state index contributed by atoms with van der Waals surface area (Å²) >= 11 is -1.59. The lowest BCUT2D eigenvalue weighted by Gasteiger charge is -2.19. The molecule has 6 nitrogen and oxygen atoms in total. The molecular weight excluding hydrogens is 464 g/mol. The van der Waals surface area contributed by atoms with Crippen LogP contribution in [0.4, 0.5) is 35.1 Å². The zero-order valence-electron chi connectivity index (χ0n) is 15.1. The van der Waals surface area contributed by atoms with Gasteiger partial charge in [-0.25, -0.2) is 4.98 Å². The summed E-state index contributed by atoms with van der Waals surface area (Å²) in [7, 11) is 0. The second-order valence-electron chi connectivity index (χ2n) is 6.31. The highest BCUT2D eigenvalue weighted by Gasteiger charge is 2.57. The maximum absolute atomic E-state index is 13.6. The van der Waals surface area contributed by atoms with Gasteiger partial charge in [0.2, 0.25) is 0 Å². The Labute approximate surface area is 170 Å². The lowest BCUT2D eigenvalue weighted by atomic mass is 10.1. The number of hydrogen-bond acceptors (Lipinski definition) is 4. The first-order valence-electron chi connectivity index (χ1n) is 8.06. The molecule has 0 unspecified atom stereocenters. The highest BCUT2D eigenvalue weighted by Crippen LogP contribution is 2.37. The van der Waals surface area contributed by atoms with Crippen molar-refractivity contribution in [3.63, 3.8) is 0 Å². The van der Waals surface area contributed by atoms with E-state index in [1.54, 1.807) is 0 Å². The van der Waals surface area contributed by atoms with Crippen LogP contribution in [0.25, 0.3) is 16.8 Å².